The maximum atomic E-state index is 12.2. The standard InChI is InChI=1S/C19H24N2O4S/c1-21(12-10-14-6-3-2-4-7-14)19(25)17(23)16(22)18(24)20-11-9-15-8-5-13-26-15/h2-8,13,16-17,22-23H,9-12H2,1H3,(H,20,24)/t16-,17-/m1/s1. The second kappa shape index (κ2) is 10.1. The van der Waals surface area contributed by atoms with Gasteiger partial charge in [-0.15, -0.1) is 11.3 Å². The van der Waals surface area contributed by atoms with Crippen LogP contribution in [0.15, 0.2) is 47.8 Å². The quantitative estimate of drug-likeness (QED) is 0.605. The minimum absolute atomic E-state index is 0.334. The smallest absolute Gasteiger partial charge is 0.254 e. The van der Waals surface area contributed by atoms with Gasteiger partial charge in [0.25, 0.3) is 11.8 Å². The molecule has 1 aromatic heterocycles. The van der Waals surface area contributed by atoms with E-state index in [-0.39, 0.29) is 0 Å². The Labute approximate surface area is 157 Å². The molecule has 0 saturated carbocycles. The van der Waals surface area contributed by atoms with Gasteiger partial charge in [0.15, 0.2) is 12.2 Å². The third-order valence-corrected chi connectivity index (χ3v) is 4.96. The Morgan fingerprint density at radius 3 is 2.46 bits per heavy atom. The summed E-state index contributed by atoms with van der Waals surface area (Å²) in [6.45, 7) is 0.716. The summed E-state index contributed by atoms with van der Waals surface area (Å²) >= 11 is 1.58. The topological polar surface area (TPSA) is 89.9 Å². The van der Waals surface area contributed by atoms with Crippen molar-refractivity contribution in [2.75, 3.05) is 20.1 Å². The molecule has 140 valence electrons. The van der Waals surface area contributed by atoms with Crippen LogP contribution in [0.2, 0.25) is 0 Å². The van der Waals surface area contributed by atoms with Crippen LogP contribution < -0.4 is 5.32 Å². The number of nitrogens with zero attached hydrogens (tertiary/aromatic N) is 1. The average Bonchev–Trinajstić information content (AvgIpc) is 3.18. The number of thiophene rings is 1. The van der Waals surface area contributed by atoms with Gasteiger partial charge in [-0.2, -0.15) is 0 Å². The summed E-state index contributed by atoms with van der Waals surface area (Å²) in [6.07, 6.45) is -2.31. The van der Waals surface area contributed by atoms with Crippen LogP contribution in [0.3, 0.4) is 0 Å². The zero-order chi connectivity index (χ0) is 18.9. The lowest BCUT2D eigenvalue weighted by molar-refractivity contribution is -0.152. The van der Waals surface area contributed by atoms with Gasteiger partial charge in [0, 0.05) is 25.0 Å². The van der Waals surface area contributed by atoms with Crippen molar-refractivity contribution in [2.24, 2.45) is 0 Å². The normalized spacial score (nSPS) is 13.0. The van der Waals surface area contributed by atoms with Crippen molar-refractivity contribution >= 4 is 23.2 Å². The maximum absolute atomic E-state index is 12.2. The van der Waals surface area contributed by atoms with Crippen LogP contribution in [0, 0.1) is 0 Å². The minimum Gasteiger partial charge on any atom is -0.380 e. The van der Waals surface area contributed by atoms with Crippen molar-refractivity contribution in [2.45, 2.75) is 25.0 Å². The molecule has 0 aliphatic heterocycles. The Hall–Kier alpha value is -2.22. The summed E-state index contributed by atoms with van der Waals surface area (Å²) in [6, 6.07) is 13.5. The van der Waals surface area contributed by atoms with E-state index in [0.29, 0.717) is 25.9 Å². The van der Waals surface area contributed by atoms with Gasteiger partial charge in [0.05, 0.1) is 0 Å². The molecule has 2 amide bonds. The van der Waals surface area contributed by atoms with E-state index in [1.807, 2.05) is 47.8 Å². The first kappa shape index (κ1) is 20.1. The molecule has 2 rings (SSSR count). The second-order valence-electron chi connectivity index (χ2n) is 6.01. The highest BCUT2D eigenvalue weighted by Gasteiger charge is 2.31. The van der Waals surface area contributed by atoms with Gasteiger partial charge in [-0.3, -0.25) is 9.59 Å². The molecule has 26 heavy (non-hydrogen) atoms. The van der Waals surface area contributed by atoms with Crippen molar-refractivity contribution in [3.8, 4) is 0 Å². The first-order valence-corrected chi connectivity index (χ1v) is 9.32. The van der Waals surface area contributed by atoms with E-state index in [0.717, 1.165) is 10.4 Å². The molecule has 0 aliphatic rings. The molecule has 1 heterocycles. The number of rotatable bonds is 9. The molecule has 7 heteroatoms. The van der Waals surface area contributed by atoms with Crippen LogP contribution in [0.5, 0.6) is 0 Å². The average molecular weight is 376 g/mol. The lowest BCUT2D eigenvalue weighted by atomic mass is 10.1. The van der Waals surface area contributed by atoms with Crippen LogP contribution in [0.25, 0.3) is 0 Å². The van der Waals surface area contributed by atoms with Crippen molar-refractivity contribution in [1.82, 2.24) is 10.2 Å². The summed E-state index contributed by atoms with van der Waals surface area (Å²) < 4.78 is 0. The number of nitrogens with one attached hydrogen (secondary N) is 1. The zero-order valence-electron chi connectivity index (χ0n) is 14.7. The largest absolute Gasteiger partial charge is 0.380 e. The maximum Gasteiger partial charge on any atom is 0.254 e. The van der Waals surface area contributed by atoms with E-state index in [1.54, 1.807) is 11.3 Å². The van der Waals surface area contributed by atoms with Gasteiger partial charge in [-0.25, -0.2) is 0 Å². The van der Waals surface area contributed by atoms with E-state index in [4.69, 9.17) is 0 Å². The third kappa shape index (κ3) is 5.94. The van der Waals surface area contributed by atoms with E-state index < -0.39 is 24.0 Å². The number of likely N-dealkylation sites (N-methyl/N-ethyl adjacent to an activating group) is 1. The molecule has 1 aromatic carbocycles. The Bertz CT molecular complexity index is 691. The summed E-state index contributed by atoms with van der Waals surface area (Å²) in [5, 5.41) is 24.4. The van der Waals surface area contributed by atoms with Crippen molar-refractivity contribution in [1.29, 1.82) is 0 Å². The molecule has 0 radical (unpaired) electrons. The Morgan fingerprint density at radius 1 is 1.08 bits per heavy atom. The fourth-order valence-electron chi connectivity index (χ4n) is 2.42. The molecule has 0 spiro atoms. The first-order chi connectivity index (χ1) is 12.5. The Morgan fingerprint density at radius 2 is 1.81 bits per heavy atom. The molecule has 0 aliphatic carbocycles. The molecular weight excluding hydrogens is 352 g/mol. The highest BCUT2D eigenvalue weighted by atomic mass is 32.1. The molecule has 0 unspecified atom stereocenters. The van der Waals surface area contributed by atoms with Crippen molar-refractivity contribution in [3.05, 3.63) is 58.3 Å². The van der Waals surface area contributed by atoms with Crippen LogP contribution in [-0.4, -0.2) is 59.3 Å². The van der Waals surface area contributed by atoms with Gasteiger partial charge in [-0.05, 0) is 29.9 Å². The lowest BCUT2D eigenvalue weighted by Gasteiger charge is -2.23. The van der Waals surface area contributed by atoms with Gasteiger partial charge >= 0.3 is 0 Å². The number of carbonyl (C=O) groups excluding carboxylic acids is 2. The number of hydrogen-bond donors (Lipinski definition) is 3. The molecule has 0 saturated heterocycles. The Balaban J connectivity index is 1.76. The van der Waals surface area contributed by atoms with Crippen molar-refractivity contribution in [3.63, 3.8) is 0 Å². The lowest BCUT2D eigenvalue weighted by Crippen LogP contribution is -2.50. The molecular formula is C19H24N2O4S. The van der Waals surface area contributed by atoms with E-state index in [1.165, 1.54) is 11.9 Å². The zero-order valence-corrected chi connectivity index (χ0v) is 15.5. The fraction of sp³-hybridized carbons (Fsp3) is 0.368. The molecule has 0 fully saturated rings. The van der Waals surface area contributed by atoms with Gasteiger partial charge in [-0.1, -0.05) is 36.4 Å². The number of carbonyl (C=O) groups is 2. The molecule has 6 nitrogen and oxygen atoms in total. The van der Waals surface area contributed by atoms with E-state index in [2.05, 4.69) is 5.32 Å². The summed E-state index contributed by atoms with van der Waals surface area (Å²) in [5.74, 6) is -1.43. The summed E-state index contributed by atoms with van der Waals surface area (Å²) in [7, 11) is 1.54. The predicted octanol–water partition coefficient (Wildman–Crippen LogP) is 0.830. The molecule has 2 aromatic rings. The highest BCUT2D eigenvalue weighted by molar-refractivity contribution is 7.09. The van der Waals surface area contributed by atoms with Crippen LogP contribution in [-0.2, 0) is 22.4 Å². The van der Waals surface area contributed by atoms with Crippen LogP contribution >= 0.6 is 11.3 Å². The first-order valence-electron chi connectivity index (χ1n) is 8.44. The highest BCUT2D eigenvalue weighted by Crippen LogP contribution is 2.08. The second-order valence-corrected chi connectivity index (χ2v) is 7.04. The third-order valence-electron chi connectivity index (χ3n) is 4.03. The number of aliphatic hydroxyl groups is 2. The predicted molar refractivity (Wildman–Crippen MR) is 101 cm³/mol. The summed E-state index contributed by atoms with van der Waals surface area (Å²) in [5.41, 5.74) is 1.06. The minimum atomic E-state index is -1.79. The van der Waals surface area contributed by atoms with Crippen LogP contribution in [0.4, 0.5) is 0 Å². The van der Waals surface area contributed by atoms with Gasteiger partial charge < -0.3 is 20.4 Å². The van der Waals surface area contributed by atoms with Crippen LogP contribution in [0.1, 0.15) is 10.4 Å². The SMILES string of the molecule is CN(CCc1ccccc1)C(=O)[C@H](O)[C@@H](O)C(=O)NCCc1cccs1. The number of amides is 2. The Kier molecular flexibility index (Phi) is 7.77. The molecule has 3 N–H and O–H groups in total. The van der Waals surface area contributed by atoms with E-state index >= 15 is 0 Å². The number of aliphatic hydroxyl groups excluding tert-OH is 2. The monoisotopic (exact) mass is 376 g/mol. The van der Waals surface area contributed by atoms with Crippen molar-refractivity contribution < 1.29 is 19.8 Å². The number of benzene rings is 1. The van der Waals surface area contributed by atoms with E-state index in [9.17, 15) is 19.8 Å². The number of hydrogen-bond acceptors (Lipinski definition) is 5. The summed E-state index contributed by atoms with van der Waals surface area (Å²) in [4.78, 5) is 26.6. The molecule has 0 bridgehead atoms. The molecule has 2 atom stereocenters. The van der Waals surface area contributed by atoms with Gasteiger partial charge in [0.2, 0.25) is 0 Å². The van der Waals surface area contributed by atoms with Gasteiger partial charge in [0.1, 0.15) is 0 Å². The fourth-order valence-corrected chi connectivity index (χ4v) is 3.13.